The fourth-order valence-corrected chi connectivity index (χ4v) is 3.33. The molecular weight excluding hydrogens is 336 g/mol. The minimum atomic E-state index is -0.196. The largest absolute Gasteiger partial charge is 0.497 e. The number of nitrogens with one attached hydrogen (secondary N) is 1. The van der Waals surface area contributed by atoms with Crippen LogP contribution in [0.4, 0.5) is 5.69 Å². The van der Waals surface area contributed by atoms with Crippen LogP contribution in [0.25, 0.3) is 16.2 Å². The first-order chi connectivity index (χ1) is 12.2. The van der Waals surface area contributed by atoms with Crippen molar-refractivity contribution in [1.82, 2.24) is 14.4 Å². The van der Waals surface area contributed by atoms with Crippen molar-refractivity contribution in [3.05, 3.63) is 66.1 Å². The highest BCUT2D eigenvalue weighted by Gasteiger charge is 2.15. The molecule has 7 heteroatoms. The number of thiazole rings is 1. The molecule has 0 aliphatic heterocycles. The molecule has 0 aliphatic carbocycles. The Balaban J connectivity index is 1.64. The Morgan fingerprint density at radius 3 is 2.80 bits per heavy atom. The zero-order chi connectivity index (χ0) is 17.2. The second kappa shape index (κ2) is 6.37. The Hall–Kier alpha value is -3.19. The van der Waals surface area contributed by atoms with Crippen molar-refractivity contribution in [3.8, 4) is 17.0 Å². The fourth-order valence-electron chi connectivity index (χ4n) is 2.48. The van der Waals surface area contributed by atoms with Crippen LogP contribution in [-0.4, -0.2) is 27.4 Å². The molecule has 1 aromatic carbocycles. The molecular formula is C18H14N4O2S. The standard InChI is InChI=1S/C18H14N4O2S/c1-24-14-6-4-12(5-7-14)15-10-22-16(11-25-18(22)21-15)17(23)20-13-3-2-8-19-9-13/h2-11H,1H3,(H,20,23). The number of imidazole rings is 1. The average molecular weight is 350 g/mol. The van der Waals surface area contributed by atoms with E-state index in [4.69, 9.17) is 4.74 Å². The first-order valence-electron chi connectivity index (χ1n) is 7.57. The van der Waals surface area contributed by atoms with Crippen LogP contribution in [0.15, 0.2) is 60.4 Å². The van der Waals surface area contributed by atoms with E-state index in [9.17, 15) is 4.79 Å². The Morgan fingerprint density at radius 2 is 2.08 bits per heavy atom. The number of anilines is 1. The number of amides is 1. The van der Waals surface area contributed by atoms with Crippen LogP contribution in [0.5, 0.6) is 5.75 Å². The van der Waals surface area contributed by atoms with Crippen molar-refractivity contribution in [1.29, 1.82) is 0 Å². The molecule has 3 aromatic heterocycles. The van der Waals surface area contributed by atoms with Gasteiger partial charge < -0.3 is 10.1 Å². The van der Waals surface area contributed by atoms with Crippen molar-refractivity contribution < 1.29 is 9.53 Å². The molecule has 0 radical (unpaired) electrons. The van der Waals surface area contributed by atoms with E-state index in [0.29, 0.717) is 11.4 Å². The average Bonchev–Trinajstić information content (AvgIpc) is 3.23. The maximum Gasteiger partial charge on any atom is 0.273 e. The van der Waals surface area contributed by atoms with Crippen LogP contribution in [0.2, 0.25) is 0 Å². The van der Waals surface area contributed by atoms with Gasteiger partial charge in [-0.15, -0.1) is 11.3 Å². The summed E-state index contributed by atoms with van der Waals surface area (Å²) >= 11 is 1.43. The maximum atomic E-state index is 12.5. The van der Waals surface area contributed by atoms with Gasteiger partial charge in [-0.3, -0.25) is 14.2 Å². The number of hydrogen-bond acceptors (Lipinski definition) is 5. The highest BCUT2D eigenvalue weighted by molar-refractivity contribution is 7.15. The van der Waals surface area contributed by atoms with E-state index in [1.54, 1.807) is 41.4 Å². The first-order valence-corrected chi connectivity index (χ1v) is 8.45. The molecule has 0 spiro atoms. The van der Waals surface area contributed by atoms with Crippen LogP contribution in [0, 0.1) is 0 Å². The second-order valence-corrected chi connectivity index (χ2v) is 6.16. The summed E-state index contributed by atoms with van der Waals surface area (Å²) in [5, 5.41) is 4.64. The van der Waals surface area contributed by atoms with Gasteiger partial charge in [0.1, 0.15) is 11.4 Å². The second-order valence-electron chi connectivity index (χ2n) is 5.32. The van der Waals surface area contributed by atoms with Gasteiger partial charge in [0.25, 0.3) is 5.91 Å². The van der Waals surface area contributed by atoms with Crippen LogP contribution >= 0.6 is 11.3 Å². The van der Waals surface area contributed by atoms with Gasteiger partial charge in [-0.05, 0) is 36.4 Å². The topological polar surface area (TPSA) is 68.5 Å². The molecule has 0 bridgehead atoms. The van der Waals surface area contributed by atoms with E-state index in [1.807, 2.05) is 30.5 Å². The van der Waals surface area contributed by atoms with Crippen molar-refractivity contribution in [2.24, 2.45) is 0 Å². The lowest BCUT2D eigenvalue weighted by Gasteiger charge is -2.03. The molecule has 0 saturated heterocycles. The summed E-state index contributed by atoms with van der Waals surface area (Å²) in [6, 6.07) is 11.2. The van der Waals surface area contributed by atoms with Gasteiger partial charge in [-0.1, -0.05) is 0 Å². The number of methoxy groups -OCH3 is 1. The van der Waals surface area contributed by atoms with Crippen LogP contribution in [0.3, 0.4) is 0 Å². The summed E-state index contributed by atoms with van der Waals surface area (Å²) < 4.78 is 6.98. The predicted molar refractivity (Wildman–Crippen MR) is 97.2 cm³/mol. The molecule has 1 amide bonds. The van der Waals surface area contributed by atoms with E-state index in [1.165, 1.54) is 11.3 Å². The third-order valence-electron chi connectivity index (χ3n) is 3.75. The summed E-state index contributed by atoms with van der Waals surface area (Å²) in [6.07, 6.45) is 5.14. The maximum absolute atomic E-state index is 12.5. The molecule has 4 rings (SSSR count). The fraction of sp³-hybridized carbons (Fsp3) is 0.0556. The molecule has 0 atom stereocenters. The SMILES string of the molecule is COc1ccc(-c2cn3c(C(=O)Nc4cccnc4)csc3n2)cc1. The quantitative estimate of drug-likeness (QED) is 0.609. The van der Waals surface area contributed by atoms with Crippen molar-refractivity contribution in [2.75, 3.05) is 12.4 Å². The Bertz CT molecular complexity index is 1020. The molecule has 0 saturated carbocycles. The van der Waals surface area contributed by atoms with E-state index in [-0.39, 0.29) is 5.91 Å². The summed E-state index contributed by atoms with van der Waals surface area (Å²) in [6.45, 7) is 0. The normalized spacial score (nSPS) is 10.8. The molecule has 25 heavy (non-hydrogen) atoms. The van der Waals surface area contributed by atoms with Crippen molar-refractivity contribution >= 4 is 27.9 Å². The minimum absolute atomic E-state index is 0.196. The summed E-state index contributed by atoms with van der Waals surface area (Å²) in [4.78, 5) is 21.9. The van der Waals surface area contributed by atoms with Gasteiger partial charge in [0.15, 0.2) is 4.96 Å². The number of aromatic nitrogens is 3. The Kier molecular flexibility index (Phi) is 3.91. The third-order valence-corrected chi connectivity index (χ3v) is 4.59. The first kappa shape index (κ1) is 15.3. The molecule has 1 N–H and O–H groups in total. The van der Waals surface area contributed by atoms with Crippen molar-refractivity contribution in [2.45, 2.75) is 0 Å². The van der Waals surface area contributed by atoms with Crippen molar-refractivity contribution in [3.63, 3.8) is 0 Å². The Labute approximate surface area is 147 Å². The van der Waals surface area contributed by atoms with Crippen LogP contribution in [0.1, 0.15) is 10.5 Å². The molecule has 0 unspecified atom stereocenters. The summed E-state index contributed by atoms with van der Waals surface area (Å²) in [7, 11) is 1.63. The smallest absolute Gasteiger partial charge is 0.273 e. The molecule has 3 heterocycles. The summed E-state index contributed by atoms with van der Waals surface area (Å²) in [5.74, 6) is 0.597. The van der Waals surface area contributed by atoms with E-state index in [2.05, 4.69) is 15.3 Å². The van der Waals surface area contributed by atoms with Gasteiger partial charge >= 0.3 is 0 Å². The number of fused-ring (bicyclic) bond motifs is 1. The number of carbonyl (C=O) groups excluding carboxylic acids is 1. The lowest BCUT2D eigenvalue weighted by Crippen LogP contribution is -2.13. The van der Waals surface area contributed by atoms with Gasteiger partial charge in [-0.25, -0.2) is 4.98 Å². The highest BCUT2D eigenvalue weighted by Crippen LogP contribution is 2.25. The van der Waals surface area contributed by atoms with Gasteiger partial charge in [0, 0.05) is 23.3 Å². The monoisotopic (exact) mass is 350 g/mol. The summed E-state index contributed by atoms with van der Waals surface area (Å²) in [5.41, 5.74) is 2.97. The van der Waals surface area contributed by atoms with Gasteiger partial charge in [-0.2, -0.15) is 0 Å². The number of rotatable bonds is 4. The predicted octanol–water partition coefficient (Wildman–Crippen LogP) is 3.72. The number of hydrogen-bond donors (Lipinski definition) is 1. The molecule has 0 fully saturated rings. The number of benzene rings is 1. The molecule has 124 valence electrons. The minimum Gasteiger partial charge on any atom is -0.497 e. The zero-order valence-corrected chi connectivity index (χ0v) is 14.2. The van der Waals surface area contributed by atoms with E-state index < -0.39 is 0 Å². The van der Waals surface area contributed by atoms with Gasteiger partial charge in [0.2, 0.25) is 0 Å². The zero-order valence-electron chi connectivity index (χ0n) is 13.3. The molecule has 0 aliphatic rings. The Morgan fingerprint density at radius 1 is 1.24 bits per heavy atom. The van der Waals surface area contributed by atoms with Gasteiger partial charge in [0.05, 0.1) is 24.7 Å². The lowest BCUT2D eigenvalue weighted by molar-refractivity contribution is 0.102. The number of ether oxygens (including phenoxy) is 1. The van der Waals surface area contributed by atoms with E-state index >= 15 is 0 Å². The van der Waals surface area contributed by atoms with Crippen LogP contribution in [-0.2, 0) is 0 Å². The number of nitrogens with zero attached hydrogens (tertiary/aromatic N) is 3. The number of pyridine rings is 1. The number of carbonyl (C=O) groups is 1. The molecule has 6 nitrogen and oxygen atoms in total. The van der Waals surface area contributed by atoms with Crippen LogP contribution < -0.4 is 10.1 Å². The highest BCUT2D eigenvalue weighted by atomic mass is 32.1. The lowest BCUT2D eigenvalue weighted by atomic mass is 10.2. The third kappa shape index (κ3) is 2.97. The van der Waals surface area contributed by atoms with E-state index in [0.717, 1.165) is 22.0 Å². The molecule has 4 aromatic rings.